The first-order chi connectivity index (χ1) is 9.87. The number of hydrogen-bond acceptors (Lipinski definition) is 4. The van der Waals surface area contributed by atoms with Gasteiger partial charge in [-0.25, -0.2) is 12.8 Å². The highest BCUT2D eigenvalue weighted by atomic mass is 32.2. The topological polar surface area (TPSA) is 83.6 Å². The molecule has 1 aromatic rings. The summed E-state index contributed by atoms with van der Waals surface area (Å²) in [6, 6.07) is 2.30. The molecule has 0 amide bonds. The zero-order chi connectivity index (χ0) is 15.6. The summed E-state index contributed by atoms with van der Waals surface area (Å²) in [6.07, 6.45) is 3.02. The second kappa shape index (κ2) is 6.29. The van der Waals surface area contributed by atoms with E-state index in [4.69, 9.17) is 10.8 Å². The summed E-state index contributed by atoms with van der Waals surface area (Å²) in [5, 5.41) is 8.97. The number of nitrogen functional groups attached to an aromatic ring is 1. The lowest BCUT2D eigenvalue weighted by Crippen LogP contribution is -2.45. The number of hydrogen-bond donors (Lipinski definition) is 2. The molecule has 7 heteroatoms. The van der Waals surface area contributed by atoms with Crippen LogP contribution in [0.25, 0.3) is 0 Å². The zero-order valence-corrected chi connectivity index (χ0v) is 12.9. The Morgan fingerprint density at radius 1 is 1.43 bits per heavy atom. The maximum absolute atomic E-state index is 13.4. The van der Waals surface area contributed by atoms with E-state index in [-0.39, 0.29) is 29.8 Å². The quantitative estimate of drug-likeness (QED) is 0.782. The number of aliphatic hydroxyl groups is 1. The Kier molecular flexibility index (Phi) is 4.85. The van der Waals surface area contributed by atoms with E-state index in [0.717, 1.165) is 25.3 Å². The molecule has 1 aliphatic carbocycles. The van der Waals surface area contributed by atoms with Crippen LogP contribution in [0.5, 0.6) is 0 Å². The van der Waals surface area contributed by atoms with Crippen molar-refractivity contribution in [3.63, 3.8) is 0 Å². The van der Waals surface area contributed by atoms with E-state index in [2.05, 4.69) is 0 Å². The van der Waals surface area contributed by atoms with Gasteiger partial charge < -0.3 is 10.8 Å². The largest absolute Gasteiger partial charge is 0.396 e. The maximum atomic E-state index is 13.4. The fourth-order valence-electron chi connectivity index (χ4n) is 2.47. The van der Waals surface area contributed by atoms with Crippen LogP contribution >= 0.6 is 0 Å². The van der Waals surface area contributed by atoms with Gasteiger partial charge in [0.2, 0.25) is 10.0 Å². The Morgan fingerprint density at radius 2 is 2.10 bits per heavy atom. The minimum Gasteiger partial charge on any atom is -0.396 e. The third-order valence-corrected chi connectivity index (χ3v) is 5.99. The van der Waals surface area contributed by atoms with Crippen LogP contribution in [0, 0.1) is 12.7 Å². The summed E-state index contributed by atoms with van der Waals surface area (Å²) in [5.41, 5.74) is 5.68. The first-order valence-corrected chi connectivity index (χ1v) is 8.50. The van der Waals surface area contributed by atoms with Crippen molar-refractivity contribution in [3.8, 4) is 0 Å². The van der Waals surface area contributed by atoms with Gasteiger partial charge in [0.1, 0.15) is 5.82 Å². The molecule has 5 nitrogen and oxygen atoms in total. The van der Waals surface area contributed by atoms with Gasteiger partial charge in [0.25, 0.3) is 0 Å². The van der Waals surface area contributed by atoms with Gasteiger partial charge in [-0.05, 0) is 43.9 Å². The molecule has 1 saturated carbocycles. The van der Waals surface area contributed by atoms with Gasteiger partial charge in [-0.3, -0.25) is 0 Å². The molecule has 0 heterocycles. The number of benzene rings is 1. The van der Waals surface area contributed by atoms with Gasteiger partial charge in [0.15, 0.2) is 0 Å². The van der Waals surface area contributed by atoms with Crippen LogP contribution in [0.15, 0.2) is 17.0 Å². The van der Waals surface area contributed by atoms with Gasteiger partial charge in [-0.15, -0.1) is 0 Å². The van der Waals surface area contributed by atoms with Gasteiger partial charge in [-0.1, -0.05) is 6.42 Å². The third kappa shape index (κ3) is 3.20. The number of rotatable bonds is 6. The van der Waals surface area contributed by atoms with Gasteiger partial charge in [-0.2, -0.15) is 4.31 Å². The fourth-order valence-corrected chi connectivity index (χ4v) is 4.44. The lowest BCUT2D eigenvalue weighted by atomic mass is 9.93. The normalized spacial score (nSPS) is 16.2. The van der Waals surface area contributed by atoms with Crippen LogP contribution in [0.3, 0.4) is 0 Å². The summed E-state index contributed by atoms with van der Waals surface area (Å²) < 4.78 is 40.5. The monoisotopic (exact) mass is 316 g/mol. The Bertz CT molecular complexity index is 615. The van der Waals surface area contributed by atoms with Gasteiger partial charge >= 0.3 is 0 Å². The third-order valence-electron chi connectivity index (χ3n) is 3.90. The van der Waals surface area contributed by atoms with Crippen molar-refractivity contribution in [3.05, 3.63) is 23.5 Å². The Labute approximate surface area is 124 Å². The maximum Gasteiger partial charge on any atom is 0.243 e. The summed E-state index contributed by atoms with van der Waals surface area (Å²) in [4.78, 5) is 0.0474. The molecule has 0 aliphatic heterocycles. The van der Waals surface area contributed by atoms with Crippen molar-refractivity contribution >= 4 is 15.7 Å². The number of aliphatic hydroxyl groups excluding tert-OH is 1. The Morgan fingerprint density at radius 3 is 2.62 bits per heavy atom. The van der Waals surface area contributed by atoms with Crippen molar-refractivity contribution < 1.29 is 17.9 Å². The zero-order valence-electron chi connectivity index (χ0n) is 12.0. The highest BCUT2D eigenvalue weighted by Crippen LogP contribution is 2.32. The lowest BCUT2D eigenvalue weighted by molar-refractivity contribution is 0.198. The molecule has 0 saturated heterocycles. The predicted octanol–water partition coefficient (Wildman–Crippen LogP) is 1.64. The van der Waals surface area contributed by atoms with Crippen LogP contribution in [-0.4, -0.2) is 37.0 Å². The molecule has 21 heavy (non-hydrogen) atoms. The van der Waals surface area contributed by atoms with E-state index < -0.39 is 15.8 Å². The number of sulfonamides is 1. The molecule has 0 radical (unpaired) electrons. The molecule has 3 N–H and O–H groups in total. The molecule has 2 rings (SSSR count). The van der Waals surface area contributed by atoms with Crippen molar-refractivity contribution in [2.24, 2.45) is 0 Å². The van der Waals surface area contributed by atoms with E-state index in [1.165, 1.54) is 10.4 Å². The molecular formula is C14H21FN2O3S. The van der Waals surface area contributed by atoms with E-state index in [0.29, 0.717) is 12.0 Å². The highest BCUT2D eigenvalue weighted by Gasteiger charge is 2.35. The predicted molar refractivity (Wildman–Crippen MR) is 78.8 cm³/mol. The van der Waals surface area contributed by atoms with E-state index in [9.17, 15) is 12.8 Å². The minimum atomic E-state index is -3.73. The molecule has 1 aromatic carbocycles. The van der Waals surface area contributed by atoms with Crippen LogP contribution in [0.2, 0.25) is 0 Å². The van der Waals surface area contributed by atoms with Gasteiger partial charge in [0.05, 0.1) is 10.6 Å². The van der Waals surface area contributed by atoms with Crippen LogP contribution in [0.1, 0.15) is 31.2 Å². The van der Waals surface area contributed by atoms with Crippen molar-refractivity contribution in [2.75, 3.05) is 18.9 Å². The minimum absolute atomic E-state index is 0.0350. The molecule has 0 bridgehead atoms. The average Bonchev–Trinajstić information content (AvgIpc) is 2.36. The second-order valence-electron chi connectivity index (χ2n) is 5.42. The van der Waals surface area contributed by atoms with Gasteiger partial charge in [0, 0.05) is 19.2 Å². The van der Waals surface area contributed by atoms with Crippen LogP contribution < -0.4 is 5.73 Å². The summed E-state index contributed by atoms with van der Waals surface area (Å²) in [6.45, 7) is 1.75. The number of nitrogens with two attached hydrogens (primary N) is 1. The van der Waals surface area contributed by atoms with Crippen molar-refractivity contribution in [1.29, 1.82) is 0 Å². The number of anilines is 1. The van der Waals surface area contributed by atoms with Crippen molar-refractivity contribution in [2.45, 2.75) is 43.5 Å². The van der Waals surface area contributed by atoms with E-state index in [1.807, 2.05) is 0 Å². The molecule has 0 spiro atoms. The first-order valence-electron chi connectivity index (χ1n) is 7.06. The SMILES string of the molecule is Cc1cc(F)c(N)cc1S(=O)(=O)N(CCCO)C1CCC1. The first kappa shape index (κ1) is 16.2. The summed E-state index contributed by atoms with van der Waals surface area (Å²) >= 11 is 0. The van der Waals surface area contributed by atoms with Crippen molar-refractivity contribution in [1.82, 2.24) is 4.31 Å². The summed E-state index contributed by atoms with van der Waals surface area (Å²) in [7, 11) is -3.73. The molecule has 0 aromatic heterocycles. The molecule has 0 atom stereocenters. The molecule has 1 fully saturated rings. The fraction of sp³-hybridized carbons (Fsp3) is 0.571. The average molecular weight is 316 g/mol. The lowest BCUT2D eigenvalue weighted by Gasteiger charge is -2.36. The number of aryl methyl sites for hydroxylation is 1. The molecule has 118 valence electrons. The number of nitrogens with zero attached hydrogens (tertiary/aromatic N) is 1. The summed E-state index contributed by atoms with van der Waals surface area (Å²) in [5.74, 6) is -0.614. The second-order valence-corrected chi connectivity index (χ2v) is 7.28. The Hall–Kier alpha value is -1.18. The molecule has 0 unspecified atom stereocenters. The van der Waals surface area contributed by atoms with Crippen LogP contribution in [0.4, 0.5) is 10.1 Å². The molecule has 1 aliphatic rings. The highest BCUT2D eigenvalue weighted by molar-refractivity contribution is 7.89. The Balaban J connectivity index is 2.40. The smallest absolute Gasteiger partial charge is 0.243 e. The van der Waals surface area contributed by atoms with E-state index in [1.54, 1.807) is 6.92 Å². The standard InChI is InChI=1S/C14H21FN2O3S/c1-10-8-12(15)13(16)9-14(10)21(19,20)17(6-3-7-18)11-4-2-5-11/h8-9,11,18H,2-7,16H2,1H3. The van der Waals surface area contributed by atoms with E-state index >= 15 is 0 Å². The van der Waals surface area contributed by atoms with Crippen LogP contribution in [-0.2, 0) is 10.0 Å². The molecular weight excluding hydrogens is 295 g/mol. The number of halogens is 1.